The molecular formula is C24H26N2O. The van der Waals surface area contributed by atoms with Crippen LogP contribution in [-0.2, 0) is 6.42 Å². The van der Waals surface area contributed by atoms with Crippen molar-refractivity contribution in [3.63, 3.8) is 0 Å². The van der Waals surface area contributed by atoms with Gasteiger partial charge >= 0.3 is 0 Å². The average Bonchev–Trinajstić information content (AvgIpc) is 3.32. The zero-order valence-corrected chi connectivity index (χ0v) is 15.6. The first kappa shape index (κ1) is 16.6. The topological polar surface area (TPSA) is 17.4 Å². The van der Waals surface area contributed by atoms with Crippen LogP contribution in [0.5, 0.6) is 5.75 Å². The molecule has 3 aromatic rings. The van der Waals surface area contributed by atoms with Crippen LogP contribution in [0.25, 0.3) is 0 Å². The van der Waals surface area contributed by atoms with Gasteiger partial charge in [-0.05, 0) is 49.6 Å². The summed E-state index contributed by atoms with van der Waals surface area (Å²) in [5.74, 6) is 1.06. The Morgan fingerprint density at radius 3 is 2.56 bits per heavy atom. The van der Waals surface area contributed by atoms with E-state index in [-0.39, 0.29) is 11.6 Å². The minimum atomic E-state index is -0.169. The lowest BCUT2D eigenvalue weighted by Gasteiger charge is -2.43. The van der Waals surface area contributed by atoms with Crippen LogP contribution in [0.3, 0.4) is 0 Å². The predicted octanol–water partition coefficient (Wildman–Crippen LogP) is 4.55. The lowest BCUT2D eigenvalue weighted by molar-refractivity contribution is -0.0166. The first-order valence-electron chi connectivity index (χ1n) is 10.0. The molecule has 138 valence electrons. The molecule has 1 saturated heterocycles. The lowest BCUT2D eigenvalue weighted by atomic mass is 9.83. The summed E-state index contributed by atoms with van der Waals surface area (Å²) < 4.78 is 9.03. The number of hydrogen-bond donors (Lipinski definition) is 0. The van der Waals surface area contributed by atoms with Crippen molar-refractivity contribution in [3.8, 4) is 5.75 Å². The third-order valence-corrected chi connectivity index (χ3v) is 6.08. The Hall–Kier alpha value is -2.52. The van der Waals surface area contributed by atoms with E-state index < -0.39 is 0 Å². The summed E-state index contributed by atoms with van der Waals surface area (Å²) in [4.78, 5) is 2.60. The van der Waals surface area contributed by atoms with Crippen LogP contribution >= 0.6 is 0 Å². The fraction of sp³-hybridized carbons (Fsp3) is 0.333. The van der Waals surface area contributed by atoms with Crippen molar-refractivity contribution in [2.24, 2.45) is 0 Å². The first-order valence-corrected chi connectivity index (χ1v) is 10.0. The highest BCUT2D eigenvalue weighted by Crippen LogP contribution is 2.49. The number of hydrogen-bond acceptors (Lipinski definition) is 2. The van der Waals surface area contributed by atoms with E-state index >= 15 is 0 Å². The summed E-state index contributed by atoms with van der Waals surface area (Å²) in [6.45, 7) is 3.23. The van der Waals surface area contributed by atoms with Gasteiger partial charge in [0.25, 0.3) is 0 Å². The molecule has 2 aliphatic rings. The van der Waals surface area contributed by atoms with Crippen LogP contribution in [0, 0.1) is 0 Å². The molecule has 1 aromatic heterocycles. The van der Waals surface area contributed by atoms with Crippen LogP contribution in [0.4, 0.5) is 0 Å². The Bertz CT molecular complexity index is 890. The SMILES string of the molecule is c1ccc(CCN2CCCC3(C2)Oc2ccccc2C3n2cccc2)cc1. The maximum atomic E-state index is 6.69. The largest absolute Gasteiger partial charge is 0.483 e. The van der Waals surface area contributed by atoms with Crippen molar-refractivity contribution >= 4 is 0 Å². The number of nitrogens with zero attached hydrogens (tertiary/aromatic N) is 2. The van der Waals surface area contributed by atoms with Crippen molar-refractivity contribution in [2.45, 2.75) is 30.9 Å². The van der Waals surface area contributed by atoms with E-state index in [1.807, 2.05) is 0 Å². The summed E-state index contributed by atoms with van der Waals surface area (Å²) in [7, 11) is 0. The second kappa shape index (κ2) is 6.90. The van der Waals surface area contributed by atoms with E-state index in [4.69, 9.17) is 4.74 Å². The summed E-state index contributed by atoms with van der Waals surface area (Å²) in [5, 5.41) is 0. The van der Waals surface area contributed by atoms with E-state index in [0.717, 1.165) is 38.2 Å². The van der Waals surface area contributed by atoms with Gasteiger partial charge in [0, 0.05) is 31.0 Å². The molecule has 3 heterocycles. The van der Waals surface area contributed by atoms with Gasteiger partial charge in [0.1, 0.15) is 17.4 Å². The molecule has 0 radical (unpaired) electrons. The van der Waals surface area contributed by atoms with E-state index in [1.165, 1.54) is 17.5 Å². The number of likely N-dealkylation sites (tertiary alicyclic amines) is 1. The van der Waals surface area contributed by atoms with Gasteiger partial charge in [-0.2, -0.15) is 0 Å². The van der Waals surface area contributed by atoms with E-state index in [1.54, 1.807) is 0 Å². The van der Waals surface area contributed by atoms with Crippen molar-refractivity contribution in [1.29, 1.82) is 0 Å². The number of aromatic nitrogens is 1. The number of ether oxygens (including phenoxy) is 1. The minimum Gasteiger partial charge on any atom is -0.483 e. The normalized spacial score (nSPS) is 24.7. The number of benzene rings is 2. The Labute approximate surface area is 161 Å². The zero-order valence-electron chi connectivity index (χ0n) is 15.6. The van der Waals surface area contributed by atoms with E-state index in [0.29, 0.717) is 0 Å². The molecule has 27 heavy (non-hydrogen) atoms. The maximum Gasteiger partial charge on any atom is 0.146 e. The molecule has 1 fully saturated rings. The molecule has 2 aliphatic heterocycles. The summed E-state index contributed by atoms with van der Waals surface area (Å²) in [6, 6.07) is 23.9. The van der Waals surface area contributed by atoms with Crippen LogP contribution in [0.1, 0.15) is 30.0 Å². The van der Waals surface area contributed by atoms with Crippen molar-refractivity contribution in [3.05, 3.63) is 90.3 Å². The quantitative estimate of drug-likeness (QED) is 0.681. The van der Waals surface area contributed by atoms with Crippen molar-refractivity contribution in [2.75, 3.05) is 19.6 Å². The molecule has 2 aromatic carbocycles. The first-order chi connectivity index (χ1) is 13.3. The highest BCUT2D eigenvalue weighted by Gasteiger charge is 2.51. The van der Waals surface area contributed by atoms with Crippen LogP contribution < -0.4 is 4.74 Å². The van der Waals surface area contributed by atoms with Crippen LogP contribution in [0.15, 0.2) is 79.1 Å². The van der Waals surface area contributed by atoms with Gasteiger partial charge < -0.3 is 9.30 Å². The Balaban J connectivity index is 1.41. The molecule has 0 bridgehead atoms. The van der Waals surface area contributed by atoms with Gasteiger partial charge in [0.2, 0.25) is 0 Å². The summed E-state index contributed by atoms with van der Waals surface area (Å²) in [6.07, 6.45) is 7.74. The Kier molecular flexibility index (Phi) is 4.25. The molecule has 3 nitrogen and oxygen atoms in total. The smallest absolute Gasteiger partial charge is 0.146 e. The molecule has 2 unspecified atom stereocenters. The second-order valence-corrected chi connectivity index (χ2v) is 7.85. The van der Waals surface area contributed by atoms with Crippen LogP contribution in [0.2, 0.25) is 0 Å². The predicted molar refractivity (Wildman–Crippen MR) is 108 cm³/mol. The van der Waals surface area contributed by atoms with Gasteiger partial charge in [0.05, 0.1) is 0 Å². The van der Waals surface area contributed by atoms with Crippen molar-refractivity contribution in [1.82, 2.24) is 9.47 Å². The minimum absolute atomic E-state index is 0.169. The van der Waals surface area contributed by atoms with Gasteiger partial charge in [0.15, 0.2) is 0 Å². The molecule has 0 aliphatic carbocycles. The lowest BCUT2D eigenvalue weighted by Crippen LogP contribution is -2.54. The monoisotopic (exact) mass is 358 g/mol. The molecule has 3 heteroatoms. The van der Waals surface area contributed by atoms with E-state index in [2.05, 4.69) is 88.6 Å². The van der Waals surface area contributed by atoms with Gasteiger partial charge in [-0.25, -0.2) is 0 Å². The highest BCUT2D eigenvalue weighted by molar-refractivity contribution is 5.44. The molecule has 2 atom stereocenters. The second-order valence-electron chi connectivity index (χ2n) is 7.85. The molecule has 0 saturated carbocycles. The Morgan fingerprint density at radius 1 is 0.926 bits per heavy atom. The van der Waals surface area contributed by atoms with Gasteiger partial charge in [-0.15, -0.1) is 0 Å². The number of piperidine rings is 1. The standard InChI is InChI=1S/C24H26N2O/c1-2-9-20(10-3-1)13-18-25-15-8-14-24(19-25)23(26-16-6-7-17-26)21-11-4-5-12-22(21)27-24/h1-7,9-12,16-17,23H,8,13-15,18-19H2. The van der Waals surface area contributed by atoms with Gasteiger partial charge in [-0.1, -0.05) is 48.5 Å². The van der Waals surface area contributed by atoms with Crippen molar-refractivity contribution < 1.29 is 4.74 Å². The Morgan fingerprint density at radius 2 is 1.70 bits per heavy atom. The average molecular weight is 358 g/mol. The molecular weight excluding hydrogens is 332 g/mol. The molecule has 5 rings (SSSR count). The third kappa shape index (κ3) is 3.06. The number of rotatable bonds is 4. The number of para-hydroxylation sites is 1. The molecule has 0 amide bonds. The molecule has 0 N–H and O–H groups in total. The molecule has 1 spiro atoms. The highest BCUT2D eigenvalue weighted by atomic mass is 16.5. The zero-order chi connectivity index (χ0) is 18.1. The maximum absolute atomic E-state index is 6.69. The third-order valence-electron chi connectivity index (χ3n) is 6.08. The van der Waals surface area contributed by atoms with Gasteiger partial charge in [-0.3, -0.25) is 4.90 Å². The number of fused-ring (bicyclic) bond motifs is 1. The van der Waals surface area contributed by atoms with Crippen LogP contribution in [-0.4, -0.2) is 34.7 Å². The van der Waals surface area contributed by atoms with E-state index in [9.17, 15) is 0 Å². The fourth-order valence-electron chi connectivity index (χ4n) is 4.88. The summed E-state index contributed by atoms with van der Waals surface area (Å²) >= 11 is 0. The fourth-order valence-corrected chi connectivity index (χ4v) is 4.88. The summed E-state index contributed by atoms with van der Waals surface area (Å²) in [5.41, 5.74) is 2.56.